The number of aliphatic hydroxyl groups is 1. The Bertz CT molecular complexity index is 488. The molecule has 2 atom stereocenters. The number of carbonyl (C=O) groups is 1. The van der Waals surface area contributed by atoms with Crippen LogP contribution in [0.15, 0.2) is 28.1 Å². The van der Waals surface area contributed by atoms with E-state index >= 15 is 0 Å². The first kappa shape index (κ1) is 20.1. The molecule has 0 amide bonds. The van der Waals surface area contributed by atoms with Gasteiger partial charge in [0, 0.05) is 23.6 Å². The Labute approximate surface area is 148 Å². The van der Waals surface area contributed by atoms with Crippen molar-refractivity contribution < 1.29 is 14.7 Å². The molecule has 0 saturated heterocycles. The Kier molecular flexibility index (Phi) is 9.41. The van der Waals surface area contributed by atoms with Crippen LogP contribution in [0.2, 0.25) is 0 Å². The molecule has 0 spiro atoms. The summed E-state index contributed by atoms with van der Waals surface area (Å²) >= 11 is 7.30. The van der Waals surface area contributed by atoms with Crippen LogP contribution in [0.25, 0.3) is 0 Å². The molecule has 1 aliphatic rings. The second-order valence-corrected chi connectivity index (χ2v) is 7.54. The van der Waals surface area contributed by atoms with Crippen LogP contribution in [-0.4, -0.2) is 34.2 Å². The van der Waals surface area contributed by atoms with Gasteiger partial charge in [-0.05, 0) is 30.6 Å². The van der Waals surface area contributed by atoms with Gasteiger partial charge in [-0.1, -0.05) is 37.5 Å². The van der Waals surface area contributed by atoms with Gasteiger partial charge in [0.1, 0.15) is 12.4 Å². The second-order valence-electron chi connectivity index (χ2n) is 5.57. The maximum atomic E-state index is 12.4. The van der Waals surface area contributed by atoms with Gasteiger partial charge < -0.3 is 9.94 Å². The molecule has 0 aromatic carbocycles. The van der Waals surface area contributed by atoms with E-state index in [2.05, 4.69) is 19.0 Å². The number of ketones is 1. The maximum absolute atomic E-state index is 12.4. The average molecular weight is 360 g/mol. The van der Waals surface area contributed by atoms with Gasteiger partial charge >= 0.3 is 0 Å². The SMILES string of the molecule is CCSC(C)CC1CC(=O)C(C(CC)=NOCC=CCl)=C(O)C1. The van der Waals surface area contributed by atoms with E-state index in [0.29, 0.717) is 35.8 Å². The van der Waals surface area contributed by atoms with Crippen molar-refractivity contribution in [3.8, 4) is 0 Å². The number of thioether (sulfide) groups is 1. The lowest BCUT2D eigenvalue weighted by atomic mass is 9.82. The first-order valence-corrected chi connectivity index (χ1v) is 9.53. The van der Waals surface area contributed by atoms with Crippen LogP contribution < -0.4 is 0 Å². The normalized spacial score (nSPS) is 21.1. The number of oxime groups is 1. The van der Waals surface area contributed by atoms with E-state index in [9.17, 15) is 9.90 Å². The van der Waals surface area contributed by atoms with E-state index in [-0.39, 0.29) is 24.1 Å². The highest BCUT2D eigenvalue weighted by molar-refractivity contribution is 7.99. The third kappa shape index (κ3) is 6.60. The molecule has 0 saturated carbocycles. The van der Waals surface area contributed by atoms with E-state index < -0.39 is 0 Å². The molecule has 6 heteroatoms. The number of carbonyl (C=O) groups excluding carboxylic acids is 1. The van der Waals surface area contributed by atoms with Crippen molar-refractivity contribution in [2.24, 2.45) is 11.1 Å². The number of Topliss-reactive ketones (excluding diaryl/α,β-unsaturated/α-hetero) is 1. The molecule has 0 heterocycles. The number of allylic oxidation sites excluding steroid dienone is 2. The number of hydrogen-bond donors (Lipinski definition) is 1. The Morgan fingerprint density at radius 1 is 1.52 bits per heavy atom. The average Bonchev–Trinajstić information content (AvgIpc) is 2.49. The first-order chi connectivity index (χ1) is 11.0. The Morgan fingerprint density at radius 2 is 2.26 bits per heavy atom. The molecule has 0 bridgehead atoms. The molecule has 0 aromatic rings. The Morgan fingerprint density at radius 3 is 2.83 bits per heavy atom. The lowest BCUT2D eigenvalue weighted by Gasteiger charge is -2.25. The zero-order chi connectivity index (χ0) is 17.2. The van der Waals surface area contributed by atoms with E-state index in [4.69, 9.17) is 16.4 Å². The summed E-state index contributed by atoms with van der Waals surface area (Å²) in [5.74, 6) is 1.38. The van der Waals surface area contributed by atoms with Crippen LogP contribution in [0.1, 0.15) is 46.5 Å². The van der Waals surface area contributed by atoms with Gasteiger partial charge in [0.2, 0.25) is 0 Å². The zero-order valence-corrected chi connectivity index (χ0v) is 15.6. The van der Waals surface area contributed by atoms with Crippen LogP contribution in [0, 0.1) is 5.92 Å². The molecule has 1 rings (SSSR count). The minimum Gasteiger partial charge on any atom is -0.511 e. The molecule has 0 aromatic heterocycles. The van der Waals surface area contributed by atoms with Crippen molar-refractivity contribution in [3.63, 3.8) is 0 Å². The summed E-state index contributed by atoms with van der Waals surface area (Å²) in [6, 6.07) is 0. The predicted octanol–water partition coefficient (Wildman–Crippen LogP) is 4.84. The molecule has 0 aliphatic heterocycles. The Hall–Kier alpha value is -0.940. The minimum atomic E-state index is -0.0375. The number of hydrogen-bond acceptors (Lipinski definition) is 5. The number of rotatable bonds is 9. The molecule has 1 aliphatic carbocycles. The summed E-state index contributed by atoms with van der Waals surface area (Å²) in [4.78, 5) is 17.6. The van der Waals surface area contributed by atoms with E-state index in [1.54, 1.807) is 6.08 Å². The van der Waals surface area contributed by atoms with Crippen LogP contribution in [0.3, 0.4) is 0 Å². The quantitative estimate of drug-likeness (QED) is 0.363. The molecule has 2 unspecified atom stereocenters. The van der Waals surface area contributed by atoms with Crippen LogP contribution in [0.5, 0.6) is 0 Å². The van der Waals surface area contributed by atoms with Crippen molar-refractivity contribution in [1.82, 2.24) is 0 Å². The first-order valence-electron chi connectivity index (χ1n) is 8.04. The van der Waals surface area contributed by atoms with Crippen molar-refractivity contribution in [1.29, 1.82) is 0 Å². The zero-order valence-electron chi connectivity index (χ0n) is 14.0. The van der Waals surface area contributed by atoms with Gasteiger partial charge in [-0.2, -0.15) is 11.8 Å². The fourth-order valence-corrected chi connectivity index (χ4v) is 3.82. The molecule has 130 valence electrons. The molecule has 0 radical (unpaired) electrons. The van der Waals surface area contributed by atoms with Crippen molar-refractivity contribution in [2.45, 2.75) is 51.7 Å². The van der Waals surface area contributed by atoms with Crippen LogP contribution in [-0.2, 0) is 9.63 Å². The van der Waals surface area contributed by atoms with Gasteiger partial charge in [-0.3, -0.25) is 4.79 Å². The summed E-state index contributed by atoms with van der Waals surface area (Å²) in [6.07, 6.45) is 4.09. The molecular weight excluding hydrogens is 334 g/mol. The number of aliphatic hydroxyl groups excluding tert-OH is 1. The van der Waals surface area contributed by atoms with Crippen molar-refractivity contribution >= 4 is 34.9 Å². The third-order valence-corrected chi connectivity index (χ3v) is 4.97. The van der Waals surface area contributed by atoms with Gasteiger partial charge in [0.25, 0.3) is 0 Å². The predicted molar refractivity (Wildman–Crippen MR) is 98.3 cm³/mol. The second kappa shape index (κ2) is 10.8. The lowest BCUT2D eigenvalue weighted by Crippen LogP contribution is -2.26. The highest BCUT2D eigenvalue weighted by Gasteiger charge is 2.31. The fraction of sp³-hybridized carbons (Fsp3) is 0.647. The summed E-state index contributed by atoms with van der Waals surface area (Å²) in [6.45, 7) is 6.43. The summed E-state index contributed by atoms with van der Waals surface area (Å²) in [7, 11) is 0. The molecule has 0 fully saturated rings. The number of nitrogens with zero attached hydrogens (tertiary/aromatic N) is 1. The van der Waals surface area contributed by atoms with Crippen molar-refractivity contribution in [2.75, 3.05) is 12.4 Å². The Balaban J connectivity index is 2.79. The summed E-state index contributed by atoms with van der Waals surface area (Å²) in [5.41, 5.74) is 2.20. The van der Waals surface area contributed by atoms with Crippen LogP contribution in [0.4, 0.5) is 0 Å². The minimum absolute atomic E-state index is 0.0375. The van der Waals surface area contributed by atoms with Gasteiger partial charge in [0.05, 0.1) is 11.3 Å². The highest BCUT2D eigenvalue weighted by atomic mass is 35.5. The van der Waals surface area contributed by atoms with E-state index in [1.165, 1.54) is 5.54 Å². The van der Waals surface area contributed by atoms with Crippen molar-refractivity contribution in [3.05, 3.63) is 22.9 Å². The molecule has 4 nitrogen and oxygen atoms in total. The standard InChI is InChI=1S/C17H26ClNO3S/c1-4-14(19-22-8-6-7-18)17-15(20)10-13(11-16(17)21)9-12(3)23-5-2/h6-7,12-13,20H,4-5,8-11H2,1-3H3. The van der Waals surface area contributed by atoms with E-state index in [0.717, 1.165) is 12.2 Å². The molecule has 23 heavy (non-hydrogen) atoms. The third-order valence-electron chi connectivity index (χ3n) is 3.70. The summed E-state index contributed by atoms with van der Waals surface area (Å²) in [5, 5.41) is 14.8. The molecule has 1 N–H and O–H groups in total. The monoisotopic (exact) mass is 359 g/mol. The van der Waals surface area contributed by atoms with Gasteiger partial charge in [-0.25, -0.2) is 0 Å². The van der Waals surface area contributed by atoms with E-state index in [1.807, 2.05) is 18.7 Å². The van der Waals surface area contributed by atoms with Gasteiger partial charge in [0.15, 0.2) is 5.78 Å². The maximum Gasteiger partial charge on any atom is 0.168 e. The van der Waals surface area contributed by atoms with Gasteiger partial charge in [-0.15, -0.1) is 0 Å². The topological polar surface area (TPSA) is 58.9 Å². The smallest absolute Gasteiger partial charge is 0.168 e. The largest absolute Gasteiger partial charge is 0.511 e. The fourth-order valence-electron chi connectivity index (χ4n) is 2.77. The van der Waals surface area contributed by atoms with Crippen LogP contribution >= 0.6 is 23.4 Å². The molecular formula is C17H26ClNO3S. The number of halogens is 1. The summed E-state index contributed by atoms with van der Waals surface area (Å²) < 4.78 is 0. The lowest BCUT2D eigenvalue weighted by molar-refractivity contribution is -0.116. The highest BCUT2D eigenvalue weighted by Crippen LogP contribution is 2.32.